The Bertz CT molecular complexity index is 128. The SMILES string of the molecule is CN1CCC([NH3+])([C+]=O)CC1. The number of piperidine rings is 1. The van der Waals surface area contributed by atoms with Gasteiger partial charge in [-0.1, -0.05) is 0 Å². The van der Waals surface area contributed by atoms with Crippen molar-refractivity contribution in [3.8, 4) is 0 Å². The van der Waals surface area contributed by atoms with Gasteiger partial charge in [-0.2, -0.15) is 0 Å². The monoisotopic (exact) mass is 142 g/mol. The zero-order chi connectivity index (χ0) is 7.61. The van der Waals surface area contributed by atoms with Crippen LogP contribution in [0.2, 0.25) is 0 Å². The van der Waals surface area contributed by atoms with Gasteiger partial charge in [-0.05, 0) is 7.05 Å². The van der Waals surface area contributed by atoms with E-state index in [-0.39, 0.29) is 0 Å². The molecule has 1 fully saturated rings. The van der Waals surface area contributed by atoms with Crippen LogP contribution in [0.5, 0.6) is 0 Å². The summed E-state index contributed by atoms with van der Waals surface area (Å²) < 4.78 is 0. The molecule has 0 bridgehead atoms. The molecule has 0 amide bonds. The van der Waals surface area contributed by atoms with Crippen molar-refractivity contribution in [2.45, 2.75) is 18.4 Å². The normalized spacial score (nSPS) is 25.8. The van der Waals surface area contributed by atoms with Gasteiger partial charge in [0.1, 0.15) is 0 Å². The van der Waals surface area contributed by atoms with Gasteiger partial charge in [0.25, 0.3) is 0 Å². The number of nitrogens with zero attached hydrogens (tertiary/aromatic N) is 1. The third-order valence-electron chi connectivity index (χ3n) is 2.16. The zero-order valence-electron chi connectivity index (χ0n) is 6.39. The number of rotatable bonds is 1. The summed E-state index contributed by atoms with van der Waals surface area (Å²) in [5, 5.41) is 0. The van der Waals surface area contributed by atoms with Crippen LogP contribution in [0.15, 0.2) is 0 Å². The van der Waals surface area contributed by atoms with Crippen molar-refractivity contribution in [2.75, 3.05) is 20.1 Å². The molecule has 0 unspecified atom stereocenters. The van der Waals surface area contributed by atoms with Gasteiger partial charge in [-0.25, -0.2) is 0 Å². The maximum atomic E-state index is 10.4. The average Bonchev–Trinajstić information content (AvgIpc) is 1.96. The molecular formula is C7H14N2O+2. The summed E-state index contributed by atoms with van der Waals surface area (Å²) in [7, 11) is 2.06. The van der Waals surface area contributed by atoms with Crippen LogP contribution in [0.25, 0.3) is 0 Å². The molecule has 0 aromatic rings. The lowest BCUT2D eigenvalue weighted by Gasteiger charge is -2.23. The number of hydrogen-bond donors (Lipinski definition) is 1. The summed E-state index contributed by atoms with van der Waals surface area (Å²) in [6, 6.07) is 0. The lowest BCUT2D eigenvalue weighted by atomic mass is 9.91. The van der Waals surface area contributed by atoms with Crippen molar-refractivity contribution in [3.63, 3.8) is 0 Å². The molecule has 1 aliphatic heterocycles. The molecule has 1 saturated heterocycles. The summed E-state index contributed by atoms with van der Waals surface area (Å²) in [5.74, 6) is 0. The second-order valence-electron chi connectivity index (χ2n) is 3.19. The van der Waals surface area contributed by atoms with Crippen LogP contribution < -0.4 is 5.73 Å². The molecule has 56 valence electrons. The van der Waals surface area contributed by atoms with E-state index in [4.69, 9.17) is 0 Å². The van der Waals surface area contributed by atoms with Gasteiger partial charge in [0, 0.05) is 17.9 Å². The highest BCUT2D eigenvalue weighted by atomic mass is 16.1. The first-order chi connectivity index (χ1) is 4.66. The number of hydrogen-bond acceptors (Lipinski definition) is 2. The van der Waals surface area contributed by atoms with E-state index < -0.39 is 5.54 Å². The second kappa shape index (κ2) is 2.62. The summed E-state index contributed by atoms with van der Waals surface area (Å²) in [6.45, 7) is 1.94. The van der Waals surface area contributed by atoms with Crippen molar-refractivity contribution in [2.24, 2.45) is 0 Å². The minimum absolute atomic E-state index is 0.396. The smallest absolute Gasteiger partial charge is 0.305 e. The molecule has 0 spiro atoms. The van der Waals surface area contributed by atoms with Gasteiger partial charge in [-0.3, -0.25) is 0 Å². The fraction of sp³-hybridized carbons (Fsp3) is 0.857. The first-order valence-electron chi connectivity index (χ1n) is 3.59. The highest BCUT2D eigenvalue weighted by Gasteiger charge is 2.46. The topological polar surface area (TPSA) is 48.0 Å². The van der Waals surface area contributed by atoms with E-state index in [1.165, 1.54) is 0 Å². The largest absolute Gasteiger partial charge is 0.577 e. The summed E-state index contributed by atoms with van der Waals surface area (Å²) >= 11 is 0. The summed E-state index contributed by atoms with van der Waals surface area (Å²) in [6.07, 6.45) is 3.72. The number of likely N-dealkylation sites (tertiary alicyclic amines) is 1. The fourth-order valence-corrected chi connectivity index (χ4v) is 1.15. The van der Waals surface area contributed by atoms with Gasteiger partial charge in [0.2, 0.25) is 0 Å². The Morgan fingerprint density at radius 2 is 2.00 bits per heavy atom. The molecule has 0 aromatic carbocycles. The van der Waals surface area contributed by atoms with Gasteiger partial charge in [0.15, 0.2) is 0 Å². The first-order valence-corrected chi connectivity index (χ1v) is 3.59. The predicted molar refractivity (Wildman–Crippen MR) is 38.0 cm³/mol. The molecule has 0 atom stereocenters. The van der Waals surface area contributed by atoms with Crippen molar-refractivity contribution in [3.05, 3.63) is 0 Å². The van der Waals surface area contributed by atoms with E-state index >= 15 is 0 Å². The molecule has 3 nitrogen and oxygen atoms in total. The first kappa shape index (κ1) is 7.61. The molecule has 1 aliphatic rings. The van der Waals surface area contributed by atoms with E-state index in [0.29, 0.717) is 0 Å². The van der Waals surface area contributed by atoms with Crippen LogP contribution in [0, 0.1) is 0 Å². The van der Waals surface area contributed by atoms with E-state index in [1.54, 1.807) is 0 Å². The van der Waals surface area contributed by atoms with Gasteiger partial charge >= 0.3 is 11.8 Å². The zero-order valence-corrected chi connectivity index (χ0v) is 6.39. The van der Waals surface area contributed by atoms with Crippen molar-refractivity contribution >= 4 is 6.29 Å². The standard InChI is InChI=1S/C7H13N2O/c1-9-4-2-7(8,6-10)3-5-9/h2-5,8H2,1H3/q+1/p+1. The Morgan fingerprint density at radius 3 is 2.40 bits per heavy atom. The summed E-state index contributed by atoms with van der Waals surface area (Å²) in [5.41, 5.74) is 3.44. The average molecular weight is 142 g/mol. The summed E-state index contributed by atoms with van der Waals surface area (Å²) in [4.78, 5) is 12.6. The van der Waals surface area contributed by atoms with Gasteiger partial charge in [-0.15, -0.1) is 0 Å². The highest BCUT2D eigenvalue weighted by Crippen LogP contribution is 2.13. The molecule has 1 rings (SSSR count). The predicted octanol–water partition coefficient (Wildman–Crippen LogP) is -1.20. The third kappa shape index (κ3) is 1.51. The Morgan fingerprint density at radius 1 is 1.50 bits per heavy atom. The van der Waals surface area contributed by atoms with E-state index in [0.717, 1.165) is 25.9 Å². The molecule has 0 radical (unpaired) electrons. The van der Waals surface area contributed by atoms with Crippen molar-refractivity contribution in [1.29, 1.82) is 0 Å². The van der Waals surface area contributed by atoms with Crippen LogP contribution in [0.4, 0.5) is 0 Å². The van der Waals surface area contributed by atoms with E-state index in [2.05, 4.69) is 17.7 Å². The minimum Gasteiger partial charge on any atom is -0.305 e. The fourth-order valence-electron chi connectivity index (χ4n) is 1.15. The van der Waals surface area contributed by atoms with E-state index in [9.17, 15) is 4.79 Å². The van der Waals surface area contributed by atoms with Crippen molar-refractivity contribution in [1.82, 2.24) is 4.90 Å². The second-order valence-corrected chi connectivity index (χ2v) is 3.19. The Kier molecular flexibility index (Phi) is 2.00. The maximum absolute atomic E-state index is 10.4. The van der Waals surface area contributed by atoms with Gasteiger partial charge in [0.05, 0.1) is 12.8 Å². The quantitative estimate of drug-likeness (QED) is 0.468. The Labute approximate surface area is 61.2 Å². The molecule has 3 N–H and O–H groups in total. The van der Waals surface area contributed by atoms with Crippen LogP contribution in [-0.2, 0) is 4.79 Å². The Balaban J connectivity index is 2.46. The van der Waals surface area contributed by atoms with Crippen LogP contribution >= 0.6 is 0 Å². The molecule has 1 heterocycles. The molecule has 0 saturated carbocycles. The molecule has 0 aromatic heterocycles. The number of quaternary nitrogens is 1. The molecular weight excluding hydrogens is 128 g/mol. The van der Waals surface area contributed by atoms with Crippen molar-refractivity contribution < 1.29 is 10.5 Å². The lowest BCUT2D eigenvalue weighted by molar-refractivity contribution is -0.456. The minimum atomic E-state index is -0.396. The lowest BCUT2D eigenvalue weighted by Crippen LogP contribution is -2.76. The molecule has 10 heavy (non-hydrogen) atoms. The van der Waals surface area contributed by atoms with Crippen LogP contribution in [0.1, 0.15) is 12.8 Å². The molecule has 0 aliphatic carbocycles. The van der Waals surface area contributed by atoms with Crippen LogP contribution in [0.3, 0.4) is 0 Å². The molecule has 3 heteroatoms. The number of carbonyl (C=O) groups excluding carboxylic acids is 1. The Hall–Kier alpha value is -0.500. The van der Waals surface area contributed by atoms with Gasteiger partial charge < -0.3 is 10.6 Å². The van der Waals surface area contributed by atoms with E-state index in [1.807, 2.05) is 6.29 Å². The third-order valence-corrected chi connectivity index (χ3v) is 2.16. The van der Waals surface area contributed by atoms with Crippen LogP contribution in [-0.4, -0.2) is 36.9 Å². The maximum Gasteiger partial charge on any atom is 0.577 e. The highest BCUT2D eigenvalue weighted by molar-refractivity contribution is 5.62.